The van der Waals surface area contributed by atoms with Gasteiger partial charge in [0, 0.05) is 74.5 Å². The van der Waals surface area contributed by atoms with Gasteiger partial charge in [-0.3, -0.25) is 14.6 Å². The first kappa shape index (κ1) is 28.4. The molecule has 0 radical (unpaired) electrons. The molecule has 9 heteroatoms. The Morgan fingerprint density at radius 1 is 1.10 bits per heavy atom. The minimum absolute atomic E-state index is 0.0701. The molecule has 0 spiro atoms. The lowest BCUT2D eigenvalue weighted by molar-refractivity contribution is -0.0630. The molecule has 1 aliphatic carbocycles. The molecule has 4 heterocycles. The van der Waals surface area contributed by atoms with Gasteiger partial charge < -0.3 is 9.64 Å². The summed E-state index contributed by atoms with van der Waals surface area (Å²) in [6, 6.07) is 7.58. The fourth-order valence-electron chi connectivity index (χ4n) is 7.30. The molecule has 3 aromatic rings. The lowest BCUT2D eigenvalue weighted by Gasteiger charge is -2.53. The van der Waals surface area contributed by atoms with Crippen molar-refractivity contribution in [3.63, 3.8) is 0 Å². The van der Waals surface area contributed by atoms with Crippen LogP contribution in [0.1, 0.15) is 72.5 Å². The van der Waals surface area contributed by atoms with E-state index in [1.54, 1.807) is 11.3 Å². The highest BCUT2D eigenvalue weighted by Gasteiger charge is 2.44. The van der Waals surface area contributed by atoms with E-state index in [2.05, 4.69) is 63.7 Å². The van der Waals surface area contributed by atoms with Gasteiger partial charge in [0.2, 0.25) is 0 Å². The van der Waals surface area contributed by atoms with Crippen LogP contribution in [0.25, 0.3) is 10.6 Å². The first-order valence-corrected chi connectivity index (χ1v) is 15.9. The van der Waals surface area contributed by atoms with Crippen molar-refractivity contribution in [2.45, 2.75) is 77.6 Å². The number of likely N-dealkylation sites (tertiary alicyclic amines) is 1. The monoisotopic (exact) mass is 574 g/mol. The summed E-state index contributed by atoms with van der Waals surface area (Å²) in [6.07, 6.45) is 6.50. The van der Waals surface area contributed by atoms with Crippen LogP contribution in [0.2, 0.25) is 0 Å². The lowest BCUT2D eigenvalue weighted by Crippen LogP contribution is -2.62. The number of amides is 1. The Bertz CT molecular complexity index is 1370. The van der Waals surface area contributed by atoms with Crippen LogP contribution in [0.4, 0.5) is 0 Å². The molecule has 0 saturated carbocycles. The molecule has 2 aromatic heterocycles. The lowest BCUT2D eigenvalue weighted by atomic mass is 9.86. The van der Waals surface area contributed by atoms with Crippen LogP contribution in [0.3, 0.4) is 0 Å². The summed E-state index contributed by atoms with van der Waals surface area (Å²) in [6.45, 7) is 16.0. The van der Waals surface area contributed by atoms with E-state index in [4.69, 9.17) is 4.74 Å². The van der Waals surface area contributed by atoms with Crippen LogP contribution >= 0.6 is 11.3 Å². The highest BCUT2D eigenvalue weighted by molar-refractivity contribution is 7.13. The molecule has 0 unspecified atom stereocenters. The summed E-state index contributed by atoms with van der Waals surface area (Å²) < 4.78 is 6.37. The van der Waals surface area contributed by atoms with E-state index in [0.29, 0.717) is 11.6 Å². The number of piperidine rings is 1. The quantitative estimate of drug-likeness (QED) is 0.414. The van der Waals surface area contributed by atoms with Gasteiger partial charge in [-0.25, -0.2) is 15.0 Å². The van der Waals surface area contributed by atoms with E-state index < -0.39 is 0 Å². The number of piperazine rings is 1. The Kier molecular flexibility index (Phi) is 7.98. The van der Waals surface area contributed by atoms with Crippen molar-refractivity contribution in [3.05, 3.63) is 64.2 Å². The van der Waals surface area contributed by atoms with Crippen LogP contribution in [0.15, 0.2) is 36.1 Å². The molecule has 6 rings (SSSR count). The second kappa shape index (κ2) is 11.5. The summed E-state index contributed by atoms with van der Waals surface area (Å²) in [7, 11) is 0. The van der Waals surface area contributed by atoms with Crippen molar-refractivity contribution in [3.8, 4) is 10.6 Å². The van der Waals surface area contributed by atoms with E-state index in [0.717, 1.165) is 75.0 Å². The predicted octanol–water partition coefficient (Wildman–Crippen LogP) is 4.92. The Morgan fingerprint density at radius 3 is 2.51 bits per heavy atom. The number of thiazole rings is 1. The van der Waals surface area contributed by atoms with Crippen LogP contribution in [0, 0.1) is 13.8 Å². The number of benzene rings is 1. The Hall–Kier alpha value is -2.72. The van der Waals surface area contributed by atoms with Gasteiger partial charge in [-0.2, -0.15) is 0 Å². The highest BCUT2D eigenvalue weighted by atomic mass is 32.1. The fourth-order valence-corrected chi connectivity index (χ4v) is 7.93. The van der Waals surface area contributed by atoms with Crippen LogP contribution in [-0.2, 0) is 11.2 Å². The Morgan fingerprint density at radius 2 is 1.85 bits per heavy atom. The first-order chi connectivity index (χ1) is 19.8. The van der Waals surface area contributed by atoms with Gasteiger partial charge in [0.15, 0.2) is 0 Å². The van der Waals surface area contributed by atoms with Crippen LogP contribution in [0.5, 0.6) is 0 Å². The molecule has 1 aromatic carbocycles. The minimum Gasteiger partial charge on any atom is -0.376 e. The van der Waals surface area contributed by atoms with Gasteiger partial charge in [0.1, 0.15) is 11.3 Å². The number of hydrogen-bond donors (Lipinski definition) is 0. The van der Waals surface area contributed by atoms with Crippen LogP contribution in [-0.4, -0.2) is 92.6 Å². The zero-order valence-electron chi connectivity index (χ0n) is 25.0. The maximum absolute atomic E-state index is 13.4. The van der Waals surface area contributed by atoms with Gasteiger partial charge in [0.25, 0.3) is 5.91 Å². The number of hydrogen-bond acceptors (Lipinski definition) is 8. The predicted molar refractivity (Wildman–Crippen MR) is 162 cm³/mol. The van der Waals surface area contributed by atoms with E-state index in [9.17, 15) is 4.79 Å². The standard InChI is InChI=1S/C32H42N6O2S/c1-6-40-27-18-25-17-24(30-33-11-16-41-30)7-8-26(25)29(27)38-15-14-37(19-21(38)2)32(5)9-12-36(13-10-32)31(39)28-22(3)34-20-35-23(28)4/h7-8,11,16-17,20-21,27,29H,6,9-10,12-15,18-19H2,1-5H3/t21-,27+,29+/m0/s1. The molecule has 1 amide bonds. The molecule has 8 nitrogen and oxygen atoms in total. The summed E-state index contributed by atoms with van der Waals surface area (Å²) >= 11 is 1.69. The van der Waals surface area contributed by atoms with Crippen molar-refractivity contribution in [2.24, 2.45) is 0 Å². The van der Waals surface area contributed by atoms with E-state index >= 15 is 0 Å². The van der Waals surface area contributed by atoms with Crippen molar-refractivity contribution >= 4 is 17.2 Å². The summed E-state index contributed by atoms with van der Waals surface area (Å²) in [5.74, 6) is 0.0701. The van der Waals surface area contributed by atoms with E-state index in [1.165, 1.54) is 23.0 Å². The molecule has 0 N–H and O–H groups in total. The smallest absolute Gasteiger partial charge is 0.257 e. The number of nitrogens with zero attached hydrogens (tertiary/aromatic N) is 6. The maximum Gasteiger partial charge on any atom is 0.257 e. The Labute approximate surface area is 247 Å². The van der Waals surface area contributed by atoms with Gasteiger partial charge in [0.05, 0.1) is 29.1 Å². The van der Waals surface area contributed by atoms with Crippen molar-refractivity contribution in [1.82, 2.24) is 29.7 Å². The fraction of sp³-hybridized carbons (Fsp3) is 0.562. The third-order valence-corrected chi connectivity index (χ3v) is 10.5. The van der Waals surface area contributed by atoms with E-state index in [-0.39, 0.29) is 23.6 Å². The van der Waals surface area contributed by atoms with Crippen molar-refractivity contribution < 1.29 is 9.53 Å². The molecule has 2 saturated heterocycles. The zero-order chi connectivity index (χ0) is 28.7. The number of aryl methyl sites for hydroxylation is 2. The number of ether oxygens (including phenoxy) is 1. The van der Waals surface area contributed by atoms with E-state index in [1.807, 2.05) is 30.3 Å². The number of rotatable bonds is 6. The van der Waals surface area contributed by atoms with Gasteiger partial charge in [-0.1, -0.05) is 12.1 Å². The second-order valence-corrected chi connectivity index (χ2v) is 13.0. The number of aromatic nitrogens is 3. The summed E-state index contributed by atoms with van der Waals surface area (Å²) in [5.41, 5.74) is 6.29. The molecule has 41 heavy (non-hydrogen) atoms. The molecule has 3 atom stereocenters. The third kappa shape index (κ3) is 5.33. The molecule has 2 aliphatic heterocycles. The van der Waals surface area contributed by atoms with Gasteiger partial charge >= 0.3 is 0 Å². The topological polar surface area (TPSA) is 74.7 Å². The van der Waals surface area contributed by atoms with Crippen molar-refractivity contribution in [1.29, 1.82) is 0 Å². The second-order valence-electron chi connectivity index (χ2n) is 12.1. The molecule has 0 bridgehead atoms. The molecule has 218 valence electrons. The largest absolute Gasteiger partial charge is 0.376 e. The summed E-state index contributed by atoms with van der Waals surface area (Å²) in [4.78, 5) is 33.8. The minimum atomic E-state index is 0.0701. The number of carbonyl (C=O) groups excluding carboxylic acids is 1. The number of carbonyl (C=O) groups is 1. The Balaban J connectivity index is 1.13. The average Bonchev–Trinajstić information content (AvgIpc) is 3.62. The highest BCUT2D eigenvalue weighted by Crippen LogP contribution is 2.42. The van der Waals surface area contributed by atoms with Gasteiger partial charge in [-0.15, -0.1) is 11.3 Å². The molecular formula is C32H42N6O2S. The average molecular weight is 575 g/mol. The maximum atomic E-state index is 13.4. The van der Waals surface area contributed by atoms with Crippen molar-refractivity contribution in [2.75, 3.05) is 39.3 Å². The third-order valence-electron chi connectivity index (χ3n) is 9.66. The molecule has 3 aliphatic rings. The molecular weight excluding hydrogens is 532 g/mol. The summed E-state index contributed by atoms with van der Waals surface area (Å²) in [5, 5.41) is 3.12. The number of fused-ring (bicyclic) bond motifs is 1. The molecule has 2 fully saturated rings. The normalized spacial score (nSPS) is 24.9. The van der Waals surface area contributed by atoms with Crippen LogP contribution < -0.4 is 0 Å². The zero-order valence-corrected chi connectivity index (χ0v) is 25.8. The first-order valence-electron chi connectivity index (χ1n) is 15.0. The SMILES string of the molecule is CCO[C@@H]1Cc2cc(-c3nccs3)ccc2[C@H]1N1CCN(C2(C)CCN(C(=O)c3c(C)ncnc3C)CC2)C[C@@H]1C. The van der Waals surface area contributed by atoms with Gasteiger partial charge in [-0.05, 0) is 64.7 Å².